The molecule has 10 atom stereocenters. The molecule has 0 heterocycles. The molecule has 0 spiro atoms. The third-order valence-corrected chi connectivity index (χ3v) is 10.9. The van der Waals surface area contributed by atoms with Gasteiger partial charge in [0, 0.05) is 20.6 Å². The highest BCUT2D eigenvalue weighted by atomic mass is 16.7. The SMILES string of the molecule is COCO[C@@H]1CC[C@@]2(C)[C@@H](C1)C[C@@H](OCOC)[C@@H]1[C@@H]2CC[C@]2(C)[C@@H]([C@H](C)CCC=O)CC[C@@H]12. The summed E-state index contributed by atoms with van der Waals surface area (Å²) in [5, 5.41) is 0. The summed E-state index contributed by atoms with van der Waals surface area (Å²) in [4.78, 5) is 11.0. The van der Waals surface area contributed by atoms with E-state index >= 15 is 0 Å². The quantitative estimate of drug-likeness (QED) is 0.300. The van der Waals surface area contributed by atoms with E-state index in [2.05, 4.69) is 20.8 Å². The summed E-state index contributed by atoms with van der Waals surface area (Å²) < 4.78 is 23.1. The number of rotatable bonds is 10. The molecule has 4 aliphatic rings. The number of hydrogen-bond acceptors (Lipinski definition) is 5. The molecule has 0 aromatic rings. The molecule has 33 heavy (non-hydrogen) atoms. The molecule has 190 valence electrons. The lowest BCUT2D eigenvalue weighted by Gasteiger charge is -2.63. The summed E-state index contributed by atoms with van der Waals surface area (Å²) in [6.07, 6.45) is 13.4. The highest BCUT2D eigenvalue weighted by molar-refractivity contribution is 5.49. The fourth-order valence-electron chi connectivity index (χ4n) is 9.31. The normalized spacial score (nSPS) is 45.7. The van der Waals surface area contributed by atoms with Crippen molar-refractivity contribution in [2.45, 2.75) is 97.2 Å². The van der Waals surface area contributed by atoms with Crippen LogP contribution in [0.1, 0.15) is 85.0 Å². The molecule has 5 nitrogen and oxygen atoms in total. The van der Waals surface area contributed by atoms with Gasteiger partial charge in [-0.05, 0) is 104 Å². The van der Waals surface area contributed by atoms with E-state index in [0.29, 0.717) is 54.7 Å². The summed E-state index contributed by atoms with van der Waals surface area (Å²) in [5.74, 6) is 4.07. The Labute approximate surface area is 201 Å². The standard InChI is InChI=1S/C28H48O5/c1-19(7-6-14-29)22-8-9-23-26-24(11-13-28(22,23)3)27(2)12-10-21(32-17-30-4)15-20(27)16-25(26)33-18-31-5/h14,19-26H,6-13,15-18H2,1-5H3/t19-,20+,21-,22-,23+,24+,25-,26+,27+,28-/m1/s1. The van der Waals surface area contributed by atoms with Crippen LogP contribution in [0.5, 0.6) is 0 Å². The molecule has 0 aromatic heterocycles. The molecule has 4 rings (SSSR count). The van der Waals surface area contributed by atoms with Crippen LogP contribution in [0.15, 0.2) is 0 Å². The maximum absolute atomic E-state index is 11.0. The molecule has 0 aliphatic heterocycles. The van der Waals surface area contributed by atoms with Gasteiger partial charge in [-0.3, -0.25) is 0 Å². The van der Waals surface area contributed by atoms with Crippen LogP contribution in [0.2, 0.25) is 0 Å². The Morgan fingerprint density at radius 1 is 0.909 bits per heavy atom. The second-order valence-electron chi connectivity index (χ2n) is 12.3. The predicted molar refractivity (Wildman–Crippen MR) is 129 cm³/mol. The topological polar surface area (TPSA) is 54.0 Å². The van der Waals surface area contributed by atoms with Gasteiger partial charge in [-0.25, -0.2) is 0 Å². The van der Waals surface area contributed by atoms with E-state index in [1.54, 1.807) is 14.2 Å². The van der Waals surface area contributed by atoms with Crippen LogP contribution in [0.4, 0.5) is 0 Å². The first-order chi connectivity index (χ1) is 15.9. The highest BCUT2D eigenvalue weighted by Gasteiger charge is 2.63. The van der Waals surface area contributed by atoms with Crippen LogP contribution in [0.3, 0.4) is 0 Å². The molecule has 0 bridgehead atoms. The van der Waals surface area contributed by atoms with E-state index in [9.17, 15) is 4.79 Å². The summed E-state index contributed by atoms with van der Waals surface area (Å²) in [7, 11) is 3.45. The van der Waals surface area contributed by atoms with Crippen LogP contribution in [0, 0.1) is 46.3 Å². The van der Waals surface area contributed by atoms with Crippen molar-refractivity contribution in [1.82, 2.24) is 0 Å². The highest BCUT2D eigenvalue weighted by Crippen LogP contribution is 2.68. The lowest BCUT2D eigenvalue weighted by atomic mass is 9.43. The third-order valence-electron chi connectivity index (χ3n) is 10.9. The van der Waals surface area contributed by atoms with Crippen LogP contribution in [0.25, 0.3) is 0 Å². The Morgan fingerprint density at radius 3 is 2.33 bits per heavy atom. The third kappa shape index (κ3) is 4.69. The first-order valence-electron chi connectivity index (χ1n) is 13.5. The summed E-state index contributed by atoms with van der Waals surface area (Å²) in [5.41, 5.74) is 0.757. The molecule has 0 amide bonds. The van der Waals surface area contributed by atoms with Crippen molar-refractivity contribution in [3.8, 4) is 0 Å². The maximum Gasteiger partial charge on any atom is 0.146 e. The molecular formula is C28H48O5. The van der Waals surface area contributed by atoms with Gasteiger partial charge in [0.15, 0.2) is 0 Å². The van der Waals surface area contributed by atoms with Crippen molar-refractivity contribution in [2.24, 2.45) is 46.3 Å². The van der Waals surface area contributed by atoms with Crippen LogP contribution >= 0.6 is 0 Å². The van der Waals surface area contributed by atoms with E-state index < -0.39 is 0 Å². The van der Waals surface area contributed by atoms with Gasteiger partial charge in [0.25, 0.3) is 0 Å². The second-order valence-corrected chi connectivity index (χ2v) is 12.3. The van der Waals surface area contributed by atoms with Gasteiger partial charge < -0.3 is 23.7 Å². The lowest BCUT2D eigenvalue weighted by Crippen LogP contribution is -2.59. The molecule has 0 saturated heterocycles. The fourth-order valence-corrected chi connectivity index (χ4v) is 9.31. The van der Waals surface area contributed by atoms with Gasteiger partial charge in [0.05, 0.1) is 12.2 Å². The number of ether oxygens (including phenoxy) is 4. The van der Waals surface area contributed by atoms with Crippen molar-refractivity contribution < 1.29 is 23.7 Å². The van der Waals surface area contributed by atoms with Gasteiger partial charge in [0.2, 0.25) is 0 Å². The van der Waals surface area contributed by atoms with Gasteiger partial charge >= 0.3 is 0 Å². The van der Waals surface area contributed by atoms with E-state index in [1.165, 1.54) is 32.1 Å². The van der Waals surface area contributed by atoms with Crippen LogP contribution < -0.4 is 0 Å². The van der Waals surface area contributed by atoms with Crippen molar-refractivity contribution in [3.63, 3.8) is 0 Å². The zero-order valence-electron chi connectivity index (χ0n) is 21.7. The number of methoxy groups -OCH3 is 2. The minimum Gasteiger partial charge on any atom is -0.359 e. The van der Waals surface area contributed by atoms with Gasteiger partial charge in [-0.2, -0.15) is 0 Å². The van der Waals surface area contributed by atoms with Crippen molar-refractivity contribution >= 4 is 6.29 Å². The van der Waals surface area contributed by atoms with Crippen molar-refractivity contribution in [2.75, 3.05) is 27.8 Å². The van der Waals surface area contributed by atoms with E-state index in [0.717, 1.165) is 49.7 Å². The average Bonchev–Trinajstić information content (AvgIpc) is 3.17. The molecular weight excluding hydrogens is 416 g/mol. The molecule has 0 N–H and O–H groups in total. The Morgan fingerprint density at radius 2 is 1.61 bits per heavy atom. The Balaban J connectivity index is 1.57. The average molecular weight is 465 g/mol. The monoisotopic (exact) mass is 464 g/mol. The first kappa shape index (κ1) is 25.6. The maximum atomic E-state index is 11.0. The van der Waals surface area contributed by atoms with E-state index in [4.69, 9.17) is 18.9 Å². The minimum atomic E-state index is 0.280. The summed E-state index contributed by atoms with van der Waals surface area (Å²) >= 11 is 0. The van der Waals surface area contributed by atoms with Crippen molar-refractivity contribution in [3.05, 3.63) is 0 Å². The lowest BCUT2D eigenvalue weighted by molar-refractivity contribution is -0.213. The molecule has 0 unspecified atom stereocenters. The predicted octanol–water partition coefficient (Wildman–Crippen LogP) is 5.85. The van der Waals surface area contributed by atoms with Crippen molar-refractivity contribution in [1.29, 1.82) is 0 Å². The molecule has 4 aliphatic carbocycles. The summed E-state index contributed by atoms with van der Waals surface area (Å²) in [6.45, 7) is 8.36. The second kappa shape index (κ2) is 10.6. The molecule has 4 saturated carbocycles. The number of aldehydes is 1. The molecule has 0 radical (unpaired) electrons. The van der Waals surface area contributed by atoms with E-state index in [-0.39, 0.29) is 6.10 Å². The largest absolute Gasteiger partial charge is 0.359 e. The number of fused-ring (bicyclic) bond motifs is 5. The zero-order chi connectivity index (χ0) is 23.6. The summed E-state index contributed by atoms with van der Waals surface area (Å²) in [6, 6.07) is 0. The molecule has 4 fully saturated rings. The molecule has 0 aromatic carbocycles. The molecule has 5 heteroatoms. The van der Waals surface area contributed by atoms with Crippen LogP contribution in [-0.2, 0) is 23.7 Å². The zero-order valence-corrected chi connectivity index (χ0v) is 21.7. The van der Waals surface area contributed by atoms with Gasteiger partial charge in [-0.15, -0.1) is 0 Å². The Hall–Kier alpha value is -0.490. The smallest absolute Gasteiger partial charge is 0.146 e. The van der Waals surface area contributed by atoms with E-state index in [1.807, 2.05) is 0 Å². The number of carbonyl (C=O) groups excluding carboxylic acids is 1. The minimum absolute atomic E-state index is 0.280. The fraction of sp³-hybridized carbons (Fsp3) is 0.964. The Kier molecular flexibility index (Phi) is 8.25. The number of hydrogen-bond donors (Lipinski definition) is 0. The number of carbonyl (C=O) groups is 1. The van der Waals surface area contributed by atoms with Crippen LogP contribution in [-0.4, -0.2) is 46.3 Å². The van der Waals surface area contributed by atoms with Gasteiger partial charge in [-0.1, -0.05) is 20.8 Å². The van der Waals surface area contributed by atoms with Gasteiger partial charge in [0.1, 0.15) is 19.9 Å². The first-order valence-corrected chi connectivity index (χ1v) is 13.5. The Bertz CT molecular complexity index is 654.